The van der Waals surface area contributed by atoms with Gasteiger partial charge in [-0.05, 0) is 43.7 Å². The Bertz CT molecular complexity index is 1010. The van der Waals surface area contributed by atoms with Crippen molar-refractivity contribution in [2.24, 2.45) is 7.05 Å². The Balaban J connectivity index is 1.78. The van der Waals surface area contributed by atoms with Crippen LogP contribution in [0.15, 0.2) is 43.0 Å². The number of rotatable bonds is 2. The van der Waals surface area contributed by atoms with Crippen LogP contribution in [0.4, 0.5) is 0 Å². The average molecular weight is 304 g/mol. The molecule has 3 aromatic heterocycles. The summed E-state index contributed by atoms with van der Waals surface area (Å²) in [7, 11) is 2.05. The van der Waals surface area contributed by atoms with Gasteiger partial charge in [-0.2, -0.15) is 4.68 Å². The molecular formula is C17H16N6. The van der Waals surface area contributed by atoms with E-state index in [1.807, 2.05) is 19.1 Å². The van der Waals surface area contributed by atoms with Crippen LogP contribution in [0.25, 0.3) is 28.2 Å². The van der Waals surface area contributed by atoms with Crippen LogP contribution in [0, 0.1) is 13.8 Å². The van der Waals surface area contributed by atoms with Crippen molar-refractivity contribution in [3.63, 3.8) is 0 Å². The van der Waals surface area contributed by atoms with E-state index in [2.05, 4.69) is 56.9 Å². The number of hydrogen-bond acceptors (Lipinski definition) is 4. The maximum atomic E-state index is 4.51. The van der Waals surface area contributed by atoms with Gasteiger partial charge in [0.15, 0.2) is 5.82 Å². The predicted octanol–water partition coefficient (Wildman–Crippen LogP) is 2.83. The highest BCUT2D eigenvalue weighted by molar-refractivity contribution is 5.87. The summed E-state index contributed by atoms with van der Waals surface area (Å²) >= 11 is 0. The van der Waals surface area contributed by atoms with Gasteiger partial charge in [0.05, 0.1) is 0 Å². The van der Waals surface area contributed by atoms with Crippen molar-refractivity contribution in [2.45, 2.75) is 13.8 Å². The lowest BCUT2D eigenvalue weighted by atomic mass is 10.1. The minimum atomic E-state index is 0.528. The molecule has 0 saturated heterocycles. The Kier molecular flexibility index (Phi) is 2.97. The minimum Gasteiger partial charge on any atom is -0.350 e. The fourth-order valence-electron chi connectivity index (χ4n) is 2.77. The van der Waals surface area contributed by atoms with Gasteiger partial charge in [0.2, 0.25) is 0 Å². The minimum absolute atomic E-state index is 0.528. The highest BCUT2D eigenvalue weighted by Gasteiger charge is 2.10. The van der Waals surface area contributed by atoms with E-state index in [1.165, 1.54) is 16.5 Å². The number of aryl methyl sites for hydroxylation is 3. The van der Waals surface area contributed by atoms with Crippen molar-refractivity contribution in [3.8, 4) is 17.3 Å². The molecule has 4 aromatic rings. The second kappa shape index (κ2) is 5.01. The number of nitrogens with zero attached hydrogens (tertiary/aromatic N) is 6. The van der Waals surface area contributed by atoms with E-state index in [4.69, 9.17) is 0 Å². The van der Waals surface area contributed by atoms with E-state index in [1.54, 1.807) is 17.2 Å². The van der Waals surface area contributed by atoms with E-state index >= 15 is 0 Å². The molecule has 114 valence electrons. The topological polar surface area (TPSA) is 61.4 Å². The van der Waals surface area contributed by atoms with Gasteiger partial charge in [-0.1, -0.05) is 0 Å². The second-order valence-electron chi connectivity index (χ2n) is 5.67. The monoisotopic (exact) mass is 304 g/mol. The first-order chi connectivity index (χ1) is 11.1. The molecule has 6 nitrogen and oxygen atoms in total. The molecule has 3 heterocycles. The van der Waals surface area contributed by atoms with Crippen molar-refractivity contribution in [1.29, 1.82) is 0 Å². The van der Waals surface area contributed by atoms with E-state index in [0.717, 1.165) is 11.3 Å². The first-order valence-corrected chi connectivity index (χ1v) is 7.39. The number of fused-ring (bicyclic) bond motifs is 1. The molecule has 0 amide bonds. The predicted molar refractivity (Wildman–Crippen MR) is 88.3 cm³/mol. The molecule has 0 aliphatic rings. The quantitative estimate of drug-likeness (QED) is 0.571. The van der Waals surface area contributed by atoms with Gasteiger partial charge < -0.3 is 4.57 Å². The van der Waals surface area contributed by atoms with Crippen LogP contribution < -0.4 is 0 Å². The molecule has 0 aliphatic heterocycles. The highest BCUT2D eigenvalue weighted by atomic mass is 15.4. The molecule has 0 radical (unpaired) electrons. The van der Waals surface area contributed by atoms with Crippen LogP contribution in [0.3, 0.4) is 0 Å². The molecule has 1 aromatic carbocycles. The van der Waals surface area contributed by atoms with Gasteiger partial charge in [-0.15, -0.1) is 5.10 Å². The molecule has 4 rings (SSSR count). The zero-order chi connectivity index (χ0) is 16.0. The molecule has 6 heteroatoms. The summed E-state index contributed by atoms with van der Waals surface area (Å²) in [4.78, 5) is 13.0. The molecule has 0 unspecified atom stereocenters. The zero-order valence-corrected chi connectivity index (χ0v) is 13.2. The smallest absolute Gasteiger partial charge is 0.252 e. The van der Waals surface area contributed by atoms with E-state index in [-0.39, 0.29) is 0 Å². The van der Waals surface area contributed by atoms with Gasteiger partial charge >= 0.3 is 0 Å². The lowest BCUT2D eigenvalue weighted by Crippen LogP contribution is -2.02. The molecular weight excluding hydrogens is 288 g/mol. The van der Waals surface area contributed by atoms with Crippen LogP contribution in [0.5, 0.6) is 0 Å². The molecule has 0 saturated carbocycles. The third-order valence-electron chi connectivity index (χ3n) is 3.93. The first-order valence-electron chi connectivity index (χ1n) is 7.39. The Labute approximate surface area is 133 Å². The molecule has 0 fully saturated rings. The average Bonchev–Trinajstić information content (AvgIpc) is 3.13. The van der Waals surface area contributed by atoms with Crippen molar-refractivity contribution in [2.75, 3.05) is 0 Å². The fraction of sp³-hybridized carbons (Fsp3) is 0.176. The fourth-order valence-corrected chi connectivity index (χ4v) is 2.77. The van der Waals surface area contributed by atoms with Gasteiger partial charge in [0.1, 0.15) is 6.33 Å². The number of aromatic nitrogens is 6. The molecule has 0 bridgehead atoms. The summed E-state index contributed by atoms with van der Waals surface area (Å²) < 4.78 is 3.73. The van der Waals surface area contributed by atoms with Crippen molar-refractivity contribution in [3.05, 3.63) is 54.2 Å². The maximum Gasteiger partial charge on any atom is 0.252 e. The summed E-state index contributed by atoms with van der Waals surface area (Å²) in [6.45, 7) is 4.04. The summed E-state index contributed by atoms with van der Waals surface area (Å²) in [6.07, 6.45) is 5.49. The number of hydrogen-bond donors (Lipinski definition) is 0. The van der Waals surface area contributed by atoms with Crippen LogP contribution in [0.1, 0.15) is 11.3 Å². The Morgan fingerprint density at radius 3 is 2.74 bits per heavy atom. The first kappa shape index (κ1) is 13.6. The third kappa shape index (κ3) is 2.28. The van der Waals surface area contributed by atoms with Crippen LogP contribution in [-0.2, 0) is 7.05 Å². The van der Waals surface area contributed by atoms with Crippen LogP contribution >= 0.6 is 0 Å². The SMILES string of the molecule is Cc1ccnc(-n2cnc(-c3ccc4c(c3)c(C)cn4C)n2)n1. The van der Waals surface area contributed by atoms with Gasteiger partial charge in [0, 0.05) is 41.6 Å². The summed E-state index contributed by atoms with van der Waals surface area (Å²) in [5.74, 6) is 1.20. The van der Waals surface area contributed by atoms with E-state index in [0.29, 0.717) is 11.8 Å². The third-order valence-corrected chi connectivity index (χ3v) is 3.93. The number of benzene rings is 1. The summed E-state index contributed by atoms with van der Waals surface area (Å²) in [5, 5.41) is 5.72. The summed E-state index contributed by atoms with van der Waals surface area (Å²) in [5.41, 5.74) is 4.32. The largest absolute Gasteiger partial charge is 0.350 e. The standard InChI is InChI=1S/C17H16N6/c1-11-9-22(3)15-5-4-13(8-14(11)15)16-19-10-23(21-16)17-18-7-6-12(2)20-17/h4-10H,1-3H3. The normalized spacial score (nSPS) is 11.3. The van der Waals surface area contributed by atoms with Gasteiger partial charge in [0.25, 0.3) is 5.95 Å². The van der Waals surface area contributed by atoms with Crippen molar-refractivity contribution >= 4 is 10.9 Å². The van der Waals surface area contributed by atoms with Crippen LogP contribution in [0.2, 0.25) is 0 Å². The van der Waals surface area contributed by atoms with E-state index < -0.39 is 0 Å². The lowest BCUT2D eigenvalue weighted by molar-refractivity contribution is 0.802. The molecule has 0 aliphatic carbocycles. The van der Waals surface area contributed by atoms with Crippen molar-refractivity contribution in [1.82, 2.24) is 29.3 Å². The zero-order valence-electron chi connectivity index (χ0n) is 13.2. The highest BCUT2D eigenvalue weighted by Crippen LogP contribution is 2.25. The maximum absolute atomic E-state index is 4.51. The van der Waals surface area contributed by atoms with Gasteiger partial charge in [-0.3, -0.25) is 0 Å². The van der Waals surface area contributed by atoms with E-state index in [9.17, 15) is 0 Å². The Morgan fingerprint density at radius 1 is 1.04 bits per heavy atom. The summed E-state index contributed by atoms with van der Waals surface area (Å²) in [6, 6.07) is 8.12. The lowest BCUT2D eigenvalue weighted by Gasteiger charge is -2.00. The molecule has 0 spiro atoms. The molecule has 23 heavy (non-hydrogen) atoms. The van der Waals surface area contributed by atoms with Crippen LogP contribution in [-0.4, -0.2) is 29.3 Å². The second-order valence-corrected chi connectivity index (χ2v) is 5.67. The van der Waals surface area contributed by atoms with Gasteiger partial charge in [-0.25, -0.2) is 15.0 Å². The molecule has 0 atom stereocenters. The Hall–Kier alpha value is -3.02. The molecule has 0 N–H and O–H groups in total. The Morgan fingerprint density at radius 2 is 1.91 bits per heavy atom. The van der Waals surface area contributed by atoms with Crippen molar-refractivity contribution < 1.29 is 0 Å².